The summed E-state index contributed by atoms with van der Waals surface area (Å²) in [6.07, 6.45) is 0. The molecule has 0 bridgehead atoms. The average molecular weight is 225 g/mol. The standard InChI is InChI=1S/C10H14BBr/c1-7(2)8-4-9(11-3)6-10(12)5-8/h4-7,11H,1-3H3. The summed E-state index contributed by atoms with van der Waals surface area (Å²) in [6, 6.07) is 6.67. The van der Waals surface area contributed by atoms with E-state index in [-0.39, 0.29) is 0 Å². The molecule has 0 N–H and O–H groups in total. The fraction of sp³-hybridized carbons (Fsp3) is 0.400. The number of halogens is 1. The molecule has 0 saturated heterocycles. The Balaban J connectivity index is 3.06. The van der Waals surface area contributed by atoms with Crippen molar-refractivity contribution >= 4 is 28.7 Å². The quantitative estimate of drug-likeness (QED) is 0.678. The van der Waals surface area contributed by atoms with Crippen LogP contribution in [-0.4, -0.2) is 7.28 Å². The van der Waals surface area contributed by atoms with Crippen LogP contribution in [0.3, 0.4) is 0 Å². The lowest BCUT2D eigenvalue weighted by molar-refractivity contribution is 0.867. The number of rotatable bonds is 2. The summed E-state index contributed by atoms with van der Waals surface area (Å²) in [6.45, 7) is 6.63. The molecule has 1 aromatic carbocycles. The van der Waals surface area contributed by atoms with Crippen molar-refractivity contribution < 1.29 is 0 Å². The minimum atomic E-state index is 0.618. The van der Waals surface area contributed by atoms with Gasteiger partial charge in [0.1, 0.15) is 0 Å². The predicted molar refractivity (Wildman–Crippen MR) is 60.9 cm³/mol. The van der Waals surface area contributed by atoms with Gasteiger partial charge >= 0.3 is 0 Å². The van der Waals surface area contributed by atoms with Crippen molar-refractivity contribution in [2.75, 3.05) is 0 Å². The SMILES string of the molecule is CBc1cc(Br)cc(C(C)C)c1. The summed E-state index contributed by atoms with van der Waals surface area (Å²) >= 11 is 3.52. The zero-order chi connectivity index (χ0) is 9.14. The molecule has 0 nitrogen and oxygen atoms in total. The van der Waals surface area contributed by atoms with Crippen molar-refractivity contribution in [3.8, 4) is 0 Å². The highest BCUT2D eigenvalue weighted by atomic mass is 79.9. The molecule has 1 rings (SSSR count). The minimum Gasteiger partial charge on any atom is -0.0849 e. The zero-order valence-electron chi connectivity index (χ0n) is 7.89. The van der Waals surface area contributed by atoms with Crippen LogP contribution in [0.15, 0.2) is 22.7 Å². The molecule has 1 aromatic rings. The van der Waals surface area contributed by atoms with Crippen LogP contribution in [-0.2, 0) is 0 Å². The third-order valence-electron chi connectivity index (χ3n) is 2.05. The van der Waals surface area contributed by atoms with E-state index in [9.17, 15) is 0 Å². The topological polar surface area (TPSA) is 0 Å². The maximum absolute atomic E-state index is 3.52. The molecule has 0 aliphatic heterocycles. The van der Waals surface area contributed by atoms with Crippen molar-refractivity contribution in [3.05, 3.63) is 28.2 Å². The molecule has 0 aliphatic rings. The Morgan fingerprint density at radius 1 is 1.25 bits per heavy atom. The molecule has 0 amide bonds. The first-order chi connectivity index (χ1) is 5.63. The van der Waals surface area contributed by atoms with E-state index in [1.807, 2.05) is 0 Å². The van der Waals surface area contributed by atoms with Crippen LogP contribution in [0.2, 0.25) is 6.82 Å². The Bertz CT molecular complexity index is 269. The summed E-state index contributed by atoms with van der Waals surface area (Å²) in [7, 11) is 1.11. The first-order valence-corrected chi connectivity index (χ1v) is 5.22. The van der Waals surface area contributed by atoms with E-state index in [1.54, 1.807) is 0 Å². The number of benzene rings is 1. The smallest absolute Gasteiger partial charge is 0.0849 e. The first-order valence-electron chi connectivity index (χ1n) is 4.43. The zero-order valence-corrected chi connectivity index (χ0v) is 9.48. The summed E-state index contributed by atoms with van der Waals surface area (Å²) < 4.78 is 1.20. The van der Waals surface area contributed by atoms with Gasteiger partial charge in [0.2, 0.25) is 0 Å². The highest BCUT2D eigenvalue weighted by Crippen LogP contribution is 2.17. The van der Waals surface area contributed by atoms with E-state index in [4.69, 9.17) is 0 Å². The second-order valence-electron chi connectivity index (χ2n) is 3.40. The van der Waals surface area contributed by atoms with Crippen LogP contribution in [0.1, 0.15) is 25.3 Å². The maximum Gasteiger partial charge on any atom is 0.154 e. The molecule has 12 heavy (non-hydrogen) atoms. The molecular formula is C10H14BBr. The Morgan fingerprint density at radius 3 is 2.42 bits per heavy atom. The second kappa shape index (κ2) is 4.13. The third-order valence-corrected chi connectivity index (χ3v) is 2.51. The molecule has 0 aliphatic carbocycles. The molecule has 64 valence electrons. The molecule has 0 fully saturated rings. The normalized spacial score (nSPS) is 10.4. The van der Waals surface area contributed by atoms with Crippen molar-refractivity contribution in [2.24, 2.45) is 0 Å². The molecule has 0 spiro atoms. The van der Waals surface area contributed by atoms with Gasteiger partial charge in [0.05, 0.1) is 0 Å². The van der Waals surface area contributed by atoms with Gasteiger partial charge in [-0.2, -0.15) is 0 Å². The lowest BCUT2D eigenvalue weighted by Gasteiger charge is -2.07. The Morgan fingerprint density at radius 2 is 1.92 bits per heavy atom. The van der Waals surface area contributed by atoms with Crippen LogP contribution in [0.4, 0.5) is 0 Å². The van der Waals surface area contributed by atoms with Gasteiger partial charge in [-0.1, -0.05) is 54.2 Å². The Labute approximate surface area is 83.7 Å². The number of hydrogen-bond acceptors (Lipinski definition) is 0. The van der Waals surface area contributed by atoms with Gasteiger partial charge in [0.15, 0.2) is 7.28 Å². The van der Waals surface area contributed by atoms with Crippen LogP contribution < -0.4 is 5.46 Å². The average Bonchev–Trinajstić information content (AvgIpc) is 2.03. The van der Waals surface area contributed by atoms with Gasteiger partial charge in [-0.05, 0) is 17.5 Å². The predicted octanol–water partition coefficient (Wildman–Crippen LogP) is 2.68. The lowest BCUT2D eigenvalue weighted by Crippen LogP contribution is -2.11. The first kappa shape index (κ1) is 9.85. The fourth-order valence-electron chi connectivity index (χ4n) is 1.21. The van der Waals surface area contributed by atoms with Crippen LogP contribution in [0.5, 0.6) is 0 Å². The lowest BCUT2D eigenvalue weighted by atomic mass is 9.72. The van der Waals surface area contributed by atoms with Gasteiger partial charge in [0, 0.05) is 4.47 Å². The van der Waals surface area contributed by atoms with Gasteiger partial charge in [-0.15, -0.1) is 0 Å². The molecule has 0 unspecified atom stereocenters. The van der Waals surface area contributed by atoms with Crippen molar-refractivity contribution in [3.63, 3.8) is 0 Å². The third kappa shape index (κ3) is 2.38. The van der Waals surface area contributed by atoms with E-state index in [0.717, 1.165) is 7.28 Å². The van der Waals surface area contributed by atoms with E-state index in [2.05, 4.69) is 54.8 Å². The second-order valence-corrected chi connectivity index (χ2v) is 4.32. The van der Waals surface area contributed by atoms with E-state index >= 15 is 0 Å². The Hall–Kier alpha value is -0.235. The van der Waals surface area contributed by atoms with E-state index in [1.165, 1.54) is 15.5 Å². The summed E-state index contributed by atoms with van der Waals surface area (Å²) in [5.41, 5.74) is 2.83. The molecule has 0 atom stereocenters. The van der Waals surface area contributed by atoms with Crippen molar-refractivity contribution in [1.29, 1.82) is 0 Å². The van der Waals surface area contributed by atoms with E-state index in [0.29, 0.717) is 5.92 Å². The molecule has 0 aromatic heterocycles. The van der Waals surface area contributed by atoms with Crippen LogP contribution in [0.25, 0.3) is 0 Å². The van der Waals surface area contributed by atoms with Gasteiger partial charge in [-0.25, -0.2) is 0 Å². The van der Waals surface area contributed by atoms with Gasteiger partial charge in [0.25, 0.3) is 0 Å². The molecule has 2 heteroatoms. The van der Waals surface area contributed by atoms with Crippen LogP contribution >= 0.6 is 15.9 Å². The summed E-state index contributed by atoms with van der Waals surface area (Å²) in [5.74, 6) is 0.618. The summed E-state index contributed by atoms with van der Waals surface area (Å²) in [5, 5.41) is 0. The van der Waals surface area contributed by atoms with Gasteiger partial charge in [-0.3, -0.25) is 0 Å². The molecule has 0 heterocycles. The summed E-state index contributed by atoms with van der Waals surface area (Å²) in [4.78, 5) is 0. The molecule has 0 saturated carbocycles. The van der Waals surface area contributed by atoms with Crippen molar-refractivity contribution in [2.45, 2.75) is 26.6 Å². The van der Waals surface area contributed by atoms with Crippen LogP contribution in [0, 0.1) is 0 Å². The molecule has 0 radical (unpaired) electrons. The fourth-order valence-corrected chi connectivity index (χ4v) is 1.77. The highest BCUT2D eigenvalue weighted by molar-refractivity contribution is 9.10. The van der Waals surface area contributed by atoms with Crippen molar-refractivity contribution in [1.82, 2.24) is 0 Å². The van der Waals surface area contributed by atoms with Gasteiger partial charge < -0.3 is 0 Å². The van der Waals surface area contributed by atoms with E-state index < -0.39 is 0 Å². The number of hydrogen-bond donors (Lipinski definition) is 0. The maximum atomic E-state index is 3.52. The largest absolute Gasteiger partial charge is 0.154 e. The minimum absolute atomic E-state index is 0.618. The Kier molecular flexibility index (Phi) is 3.39. The highest BCUT2D eigenvalue weighted by Gasteiger charge is 2.01. The monoisotopic (exact) mass is 224 g/mol. The molecular weight excluding hydrogens is 211 g/mol.